The lowest BCUT2D eigenvalue weighted by Gasteiger charge is -2.27. The Morgan fingerprint density at radius 2 is 2.00 bits per heavy atom. The third-order valence-corrected chi connectivity index (χ3v) is 4.47. The number of ether oxygens (including phenoxy) is 1. The summed E-state index contributed by atoms with van der Waals surface area (Å²) in [7, 11) is 0. The summed E-state index contributed by atoms with van der Waals surface area (Å²) in [4.78, 5) is 26.4. The minimum atomic E-state index is -0.0743. The lowest BCUT2D eigenvalue weighted by atomic mass is 10.1. The summed E-state index contributed by atoms with van der Waals surface area (Å²) in [5.74, 6) is 0.657. The minimum Gasteiger partial charge on any atom is -0.378 e. The van der Waals surface area contributed by atoms with Gasteiger partial charge >= 0.3 is 0 Å². The van der Waals surface area contributed by atoms with E-state index < -0.39 is 0 Å². The lowest BCUT2D eigenvalue weighted by molar-refractivity contribution is -0.115. The third kappa shape index (κ3) is 4.55. The number of anilines is 1. The summed E-state index contributed by atoms with van der Waals surface area (Å²) in [6.07, 6.45) is 2.53. The Balaban J connectivity index is 1.59. The van der Waals surface area contributed by atoms with Crippen LogP contribution in [0.25, 0.3) is 0 Å². The van der Waals surface area contributed by atoms with Crippen molar-refractivity contribution in [2.24, 2.45) is 5.92 Å². The van der Waals surface area contributed by atoms with Crippen LogP contribution in [0, 0.1) is 12.8 Å². The summed E-state index contributed by atoms with van der Waals surface area (Å²) in [6.45, 7) is 5.51. The van der Waals surface area contributed by atoms with Crippen molar-refractivity contribution in [1.82, 2.24) is 10.2 Å². The molecule has 0 unspecified atom stereocenters. The van der Waals surface area contributed by atoms with Gasteiger partial charge in [0.25, 0.3) is 5.91 Å². The van der Waals surface area contributed by atoms with Crippen LogP contribution in [0.2, 0.25) is 0 Å². The zero-order chi connectivity index (χ0) is 16.9. The molecule has 6 nitrogen and oxygen atoms in total. The van der Waals surface area contributed by atoms with Crippen molar-refractivity contribution in [2.45, 2.75) is 19.8 Å². The predicted molar refractivity (Wildman–Crippen MR) is 92.1 cm³/mol. The van der Waals surface area contributed by atoms with E-state index in [1.54, 1.807) is 11.0 Å². The number of benzene rings is 1. The quantitative estimate of drug-likeness (QED) is 0.827. The van der Waals surface area contributed by atoms with E-state index in [-0.39, 0.29) is 11.8 Å². The van der Waals surface area contributed by atoms with Crippen LogP contribution in [0.3, 0.4) is 0 Å². The lowest BCUT2D eigenvalue weighted by Crippen LogP contribution is -2.40. The van der Waals surface area contributed by atoms with Gasteiger partial charge in [-0.1, -0.05) is 6.07 Å². The van der Waals surface area contributed by atoms with E-state index in [0.29, 0.717) is 44.1 Å². The average Bonchev–Trinajstić information content (AvgIpc) is 3.41. The zero-order valence-corrected chi connectivity index (χ0v) is 14.1. The Bertz CT molecular complexity index is 608. The average molecular weight is 331 g/mol. The molecule has 6 heteroatoms. The van der Waals surface area contributed by atoms with Crippen molar-refractivity contribution >= 4 is 17.5 Å². The molecule has 1 saturated heterocycles. The molecule has 1 aromatic carbocycles. The van der Waals surface area contributed by atoms with E-state index in [1.807, 2.05) is 19.1 Å². The van der Waals surface area contributed by atoms with Crippen molar-refractivity contribution in [3.63, 3.8) is 0 Å². The molecule has 2 N–H and O–H groups in total. The summed E-state index contributed by atoms with van der Waals surface area (Å²) in [5.41, 5.74) is 2.25. The van der Waals surface area contributed by atoms with E-state index in [4.69, 9.17) is 4.74 Å². The molecule has 1 aromatic rings. The molecule has 0 bridgehead atoms. The molecule has 2 aliphatic rings. The molecule has 3 rings (SSSR count). The minimum absolute atomic E-state index is 0.0133. The van der Waals surface area contributed by atoms with Crippen LogP contribution >= 0.6 is 0 Å². The topological polar surface area (TPSA) is 70.7 Å². The first kappa shape index (κ1) is 16.9. The molecule has 1 heterocycles. The maximum atomic E-state index is 12.5. The molecule has 0 aromatic heterocycles. The smallest absolute Gasteiger partial charge is 0.254 e. The van der Waals surface area contributed by atoms with Crippen molar-refractivity contribution in [3.8, 4) is 0 Å². The van der Waals surface area contributed by atoms with Gasteiger partial charge in [0, 0.05) is 24.3 Å². The number of rotatable bonds is 6. The fourth-order valence-electron chi connectivity index (χ4n) is 2.74. The van der Waals surface area contributed by atoms with E-state index in [0.717, 1.165) is 18.0 Å². The zero-order valence-electron chi connectivity index (χ0n) is 14.1. The molecule has 0 radical (unpaired) electrons. The number of nitrogens with zero attached hydrogens (tertiary/aromatic N) is 1. The molecule has 0 spiro atoms. The number of hydrogen-bond acceptors (Lipinski definition) is 4. The Labute approximate surface area is 142 Å². The second-order valence-electron chi connectivity index (χ2n) is 6.56. The van der Waals surface area contributed by atoms with Crippen LogP contribution < -0.4 is 10.6 Å². The number of aryl methyl sites for hydroxylation is 1. The fraction of sp³-hybridized carbons (Fsp3) is 0.556. The van der Waals surface area contributed by atoms with E-state index >= 15 is 0 Å². The van der Waals surface area contributed by atoms with E-state index in [2.05, 4.69) is 10.6 Å². The molecule has 0 atom stereocenters. The Kier molecular flexibility index (Phi) is 5.48. The van der Waals surface area contributed by atoms with Gasteiger partial charge in [0.2, 0.25) is 5.91 Å². The van der Waals surface area contributed by atoms with Gasteiger partial charge in [-0.25, -0.2) is 0 Å². The summed E-state index contributed by atoms with van der Waals surface area (Å²) >= 11 is 0. The number of hydrogen-bond donors (Lipinski definition) is 2. The van der Waals surface area contributed by atoms with Crippen LogP contribution in [-0.4, -0.2) is 56.1 Å². The maximum Gasteiger partial charge on any atom is 0.254 e. The van der Waals surface area contributed by atoms with Gasteiger partial charge in [-0.2, -0.15) is 0 Å². The molecule has 1 aliphatic carbocycles. The highest BCUT2D eigenvalue weighted by atomic mass is 16.5. The van der Waals surface area contributed by atoms with Crippen LogP contribution in [0.15, 0.2) is 18.2 Å². The van der Waals surface area contributed by atoms with Crippen LogP contribution in [-0.2, 0) is 9.53 Å². The first-order valence-corrected chi connectivity index (χ1v) is 8.62. The highest BCUT2D eigenvalue weighted by Crippen LogP contribution is 2.27. The third-order valence-electron chi connectivity index (χ3n) is 4.47. The first-order chi connectivity index (χ1) is 11.6. The van der Waals surface area contributed by atoms with Crippen LogP contribution in [0.4, 0.5) is 5.69 Å². The van der Waals surface area contributed by atoms with Gasteiger partial charge in [0.05, 0.1) is 19.8 Å². The monoisotopic (exact) mass is 331 g/mol. The largest absolute Gasteiger partial charge is 0.378 e. The molecule has 1 saturated carbocycles. The van der Waals surface area contributed by atoms with Gasteiger partial charge in [-0.15, -0.1) is 0 Å². The highest BCUT2D eigenvalue weighted by molar-refractivity contribution is 5.98. The van der Waals surface area contributed by atoms with Gasteiger partial charge in [0.15, 0.2) is 0 Å². The summed E-state index contributed by atoms with van der Waals surface area (Å²) < 4.78 is 5.28. The Morgan fingerprint density at radius 3 is 2.71 bits per heavy atom. The molecular weight excluding hydrogens is 306 g/mol. The van der Waals surface area contributed by atoms with E-state index in [9.17, 15) is 9.59 Å². The second-order valence-corrected chi connectivity index (χ2v) is 6.56. The Morgan fingerprint density at radius 1 is 1.25 bits per heavy atom. The van der Waals surface area contributed by atoms with Crippen LogP contribution in [0.1, 0.15) is 28.8 Å². The summed E-state index contributed by atoms with van der Waals surface area (Å²) in [5, 5.41) is 6.08. The van der Waals surface area contributed by atoms with Gasteiger partial charge in [-0.05, 0) is 49.9 Å². The predicted octanol–water partition coefficient (Wildman–Crippen LogP) is 1.41. The highest BCUT2D eigenvalue weighted by Gasteiger charge is 2.21. The van der Waals surface area contributed by atoms with Crippen molar-refractivity contribution in [1.29, 1.82) is 0 Å². The molecular formula is C18H25N3O3. The van der Waals surface area contributed by atoms with Gasteiger partial charge < -0.3 is 20.3 Å². The second kappa shape index (κ2) is 7.77. The molecule has 130 valence electrons. The van der Waals surface area contributed by atoms with Crippen molar-refractivity contribution in [3.05, 3.63) is 29.3 Å². The molecule has 1 aliphatic heterocycles. The van der Waals surface area contributed by atoms with Crippen molar-refractivity contribution < 1.29 is 14.3 Å². The molecule has 24 heavy (non-hydrogen) atoms. The van der Waals surface area contributed by atoms with Gasteiger partial charge in [0.1, 0.15) is 0 Å². The molecule has 2 fully saturated rings. The normalized spacial score (nSPS) is 17.6. The summed E-state index contributed by atoms with van der Waals surface area (Å²) in [6, 6.07) is 5.46. The maximum absolute atomic E-state index is 12.5. The standard InChI is InChI=1S/C18H25N3O3/c1-13-2-5-15(18(23)21-6-8-24-9-7-21)10-16(13)20-17(22)12-19-11-14-3-4-14/h2,5,10,14,19H,3-4,6-9,11-12H2,1H3,(H,20,22). The van der Waals surface area contributed by atoms with E-state index in [1.165, 1.54) is 12.8 Å². The number of amides is 2. The SMILES string of the molecule is Cc1ccc(C(=O)N2CCOCC2)cc1NC(=O)CNCC1CC1. The van der Waals surface area contributed by atoms with Crippen molar-refractivity contribution in [2.75, 3.05) is 44.7 Å². The first-order valence-electron chi connectivity index (χ1n) is 8.62. The fourth-order valence-corrected chi connectivity index (χ4v) is 2.74. The van der Waals surface area contributed by atoms with Crippen LogP contribution in [0.5, 0.6) is 0 Å². The molecule has 2 amide bonds. The number of carbonyl (C=O) groups is 2. The number of nitrogens with one attached hydrogen (secondary N) is 2. The Hall–Kier alpha value is -1.92. The van der Waals surface area contributed by atoms with Gasteiger partial charge in [-0.3, -0.25) is 9.59 Å². The number of morpholine rings is 1. The number of carbonyl (C=O) groups excluding carboxylic acids is 2.